The zero-order valence-electron chi connectivity index (χ0n) is 9.86. The number of aromatic nitrogens is 1. The van der Waals surface area contributed by atoms with Gasteiger partial charge in [-0.05, 0) is 24.3 Å². The zero-order valence-corrected chi connectivity index (χ0v) is 9.86. The molecular weight excluding hydrogens is 228 g/mol. The van der Waals surface area contributed by atoms with Crippen LogP contribution in [-0.4, -0.2) is 17.9 Å². The van der Waals surface area contributed by atoms with E-state index in [4.69, 9.17) is 4.74 Å². The van der Waals surface area contributed by atoms with Crippen molar-refractivity contribution in [3.8, 4) is 5.88 Å². The first-order chi connectivity index (χ1) is 8.78. The van der Waals surface area contributed by atoms with Crippen LogP contribution in [0.25, 0.3) is 6.08 Å². The van der Waals surface area contributed by atoms with Crippen LogP contribution in [0.4, 0.5) is 5.69 Å². The summed E-state index contributed by atoms with van der Waals surface area (Å²) < 4.78 is 5.06. The number of nitrogens with one attached hydrogen (secondary N) is 2. The van der Waals surface area contributed by atoms with Gasteiger partial charge in [-0.3, -0.25) is 4.79 Å². The number of carbonyl (C=O) groups excluding carboxylic acids is 1. The standard InChI is InChI=1S/C14H12N2O2/c1-18-13-7-6-9(15-13)8-12-14(17)10-4-2-3-5-11(10)16-12/h2-8,15-16H,1H3. The summed E-state index contributed by atoms with van der Waals surface area (Å²) in [6.07, 6.45) is 1.78. The number of ketones is 1. The summed E-state index contributed by atoms with van der Waals surface area (Å²) in [4.78, 5) is 15.1. The Morgan fingerprint density at radius 1 is 1.17 bits per heavy atom. The van der Waals surface area contributed by atoms with Gasteiger partial charge in [0.05, 0.1) is 12.8 Å². The van der Waals surface area contributed by atoms with Gasteiger partial charge in [-0.25, -0.2) is 0 Å². The van der Waals surface area contributed by atoms with Crippen LogP contribution >= 0.6 is 0 Å². The molecule has 0 bridgehead atoms. The number of carbonyl (C=O) groups is 1. The Morgan fingerprint density at radius 2 is 2.00 bits per heavy atom. The molecule has 1 aliphatic heterocycles. The molecule has 0 saturated heterocycles. The van der Waals surface area contributed by atoms with Crippen molar-refractivity contribution in [3.63, 3.8) is 0 Å². The Hall–Kier alpha value is -2.49. The van der Waals surface area contributed by atoms with Gasteiger partial charge in [0.2, 0.25) is 5.78 Å². The Balaban J connectivity index is 1.94. The molecule has 0 radical (unpaired) electrons. The molecule has 2 heterocycles. The zero-order chi connectivity index (χ0) is 12.5. The Kier molecular flexibility index (Phi) is 2.41. The van der Waals surface area contributed by atoms with E-state index in [-0.39, 0.29) is 5.78 Å². The fourth-order valence-electron chi connectivity index (χ4n) is 1.99. The van der Waals surface area contributed by atoms with E-state index in [1.165, 1.54) is 0 Å². The third kappa shape index (κ3) is 1.68. The molecule has 0 atom stereocenters. The van der Waals surface area contributed by atoms with Crippen LogP contribution in [0.1, 0.15) is 16.1 Å². The van der Waals surface area contributed by atoms with Crippen LogP contribution in [0.2, 0.25) is 0 Å². The SMILES string of the molecule is COc1ccc(C=C2Nc3ccccc3C2=O)[nH]1. The molecule has 18 heavy (non-hydrogen) atoms. The van der Waals surface area contributed by atoms with Crippen molar-refractivity contribution >= 4 is 17.5 Å². The molecule has 4 nitrogen and oxygen atoms in total. The van der Waals surface area contributed by atoms with Crippen LogP contribution in [0, 0.1) is 0 Å². The minimum atomic E-state index is 0.0131. The molecule has 0 amide bonds. The lowest BCUT2D eigenvalue weighted by Gasteiger charge is -1.97. The van der Waals surface area contributed by atoms with E-state index in [0.29, 0.717) is 17.1 Å². The number of rotatable bonds is 2. The molecule has 0 aliphatic carbocycles. The maximum absolute atomic E-state index is 12.1. The van der Waals surface area contributed by atoms with Gasteiger partial charge in [0, 0.05) is 23.0 Å². The Bertz CT molecular complexity index is 641. The lowest BCUT2D eigenvalue weighted by Crippen LogP contribution is -1.99. The van der Waals surface area contributed by atoms with Crippen molar-refractivity contribution in [3.05, 3.63) is 53.4 Å². The number of para-hydroxylation sites is 1. The van der Waals surface area contributed by atoms with Crippen molar-refractivity contribution in [1.82, 2.24) is 4.98 Å². The maximum Gasteiger partial charge on any atom is 0.211 e. The smallest absolute Gasteiger partial charge is 0.211 e. The number of anilines is 1. The highest BCUT2D eigenvalue weighted by atomic mass is 16.5. The molecule has 2 N–H and O–H groups in total. The molecule has 2 aromatic rings. The van der Waals surface area contributed by atoms with Gasteiger partial charge < -0.3 is 15.0 Å². The van der Waals surface area contributed by atoms with Gasteiger partial charge >= 0.3 is 0 Å². The van der Waals surface area contributed by atoms with Crippen LogP contribution < -0.4 is 10.1 Å². The largest absolute Gasteiger partial charge is 0.482 e. The molecule has 0 saturated carbocycles. The first-order valence-electron chi connectivity index (χ1n) is 5.63. The number of aromatic amines is 1. The summed E-state index contributed by atoms with van der Waals surface area (Å²) in [6, 6.07) is 11.2. The second-order valence-electron chi connectivity index (χ2n) is 4.04. The normalized spacial score (nSPS) is 15.6. The highest BCUT2D eigenvalue weighted by molar-refractivity contribution is 6.20. The Labute approximate surface area is 104 Å². The average molecular weight is 240 g/mol. The van der Waals surface area contributed by atoms with Crippen LogP contribution in [-0.2, 0) is 0 Å². The van der Waals surface area contributed by atoms with Gasteiger partial charge in [0.1, 0.15) is 0 Å². The molecule has 90 valence electrons. The fourth-order valence-corrected chi connectivity index (χ4v) is 1.99. The van der Waals surface area contributed by atoms with Gasteiger partial charge in [0.25, 0.3) is 0 Å². The topological polar surface area (TPSA) is 54.1 Å². The van der Waals surface area contributed by atoms with Crippen molar-refractivity contribution in [2.75, 3.05) is 12.4 Å². The van der Waals surface area contributed by atoms with E-state index in [0.717, 1.165) is 11.4 Å². The van der Waals surface area contributed by atoms with Crippen molar-refractivity contribution < 1.29 is 9.53 Å². The lowest BCUT2D eigenvalue weighted by atomic mass is 10.1. The predicted molar refractivity (Wildman–Crippen MR) is 69.7 cm³/mol. The minimum Gasteiger partial charge on any atom is -0.482 e. The van der Waals surface area contributed by atoms with Crippen molar-refractivity contribution in [2.45, 2.75) is 0 Å². The number of methoxy groups -OCH3 is 1. The third-order valence-electron chi connectivity index (χ3n) is 2.89. The summed E-state index contributed by atoms with van der Waals surface area (Å²) in [7, 11) is 1.59. The van der Waals surface area contributed by atoms with E-state index < -0.39 is 0 Å². The third-order valence-corrected chi connectivity index (χ3v) is 2.89. The fraction of sp³-hybridized carbons (Fsp3) is 0.0714. The van der Waals surface area contributed by atoms with Crippen LogP contribution in [0.5, 0.6) is 5.88 Å². The molecule has 0 spiro atoms. The van der Waals surface area contributed by atoms with E-state index in [2.05, 4.69) is 10.3 Å². The van der Waals surface area contributed by atoms with E-state index in [1.807, 2.05) is 36.4 Å². The molecule has 1 aliphatic rings. The molecular formula is C14H12N2O2. The summed E-state index contributed by atoms with van der Waals surface area (Å²) in [5, 5.41) is 3.11. The van der Waals surface area contributed by atoms with Crippen molar-refractivity contribution in [1.29, 1.82) is 0 Å². The van der Waals surface area contributed by atoms with Crippen molar-refractivity contribution in [2.24, 2.45) is 0 Å². The van der Waals surface area contributed by atoms with Gasteiger partial charge in [-0.15, -0.1) is 0 Å². The number of hydrogen-bond acceptors (Lipinski definition) is 3. The summed E-state index contributed by atoms with van der Waals surface area (Å²) >= 11 is 0. The second kappa shape index (κ2) is 4.07. The molecule has 0 fully saturated rings. The number of fused-ring (bicyclic) bond motifs is 1. The van der Waals surface area contributed by atoms with E-state index in [1.54, 1.807) is 13.2 Å². The highest BCUT2D eigenvalue weighted by Gasteiger charge is 2.23. The monoisotopic (exact) mass is 240 g/mol. The first-order valence-corrected chi connectivity index (χ1v) is 5.63. The number of allylic oxidation sites excluding steroid dienone is 1. The Morgan fingerprint density at radius 3 is 2.72 bits per heavy atom. The van der Waals surface area contributed by atoms with Crippen LogP contribution in [0.3, 0.4) is 0 Å². The summed E-state index contributed by atoms with van der Waals surface area (Å²) in [5.74, 6) is 0.684. The quantitative estimate of drug-likeness (QED) is 0.793. The van der Waals surface area contributed by atoms with Gasteiger partial charge in [0.15, 0.2) is 5.88 Å². The van der Waals surface area contributed by atoms with Crippen LogP contribution in [0.15, 0.2) is 42.1 Å². The summed E-state index contributed by atoms with van der Waals surface area (Å²) in [6.45, 7) is 0. The maximum atomic E-state index is 12.1. The minimum absolute atomic E-state index is 0.0131. The molecule has 1 aromatic carbocycles. The van der Waals surface area contributed by atoms with Gasteiger partial charge in [-0.2, -0.15) is 0 Å². The van der Waals surface area contributed by atoms with E-state index in [9.17, 15) is 4.79 Å². The predicted octanol–water partition coefficient (Wildman–Crippen LogP) is 2.67. The van der Waals surface area contributed by atoms with E-state index >= 15 is 0 Å². The molecule has 0 unspecified atom stereocenters. The molecule has 4 heteroatoms. The first kappa shape index (κ1) is 10.7. The lowest BCUT2D eigenvalue weighted by molar-refractivity contribution is 0.104. The number of H-pyrrole nitrogens is 1. The number of benzene rings is 1. The van der Waals surface area contributed by atoms with Gasteiger partial charge in [-0.1, -0.05) is 12.1 Å². The molecule has 1 aromatic heterocycles. The number of ether oxygens (including phenoxy) is 1. The number of hydrogen-bond donors (Lipinski definition) is 2. The summed E-state index contributed by atoms with van der Waals surface area (Å²) in [5.41, 5.74) is 2.96. The number of Topliss-reactive ketones (excluding diaryl/α,β-unsaturated/α-hetero) is 1. The average Bonchev–Trinajstić information content (AvgIpc) is 2.97. The second-order valence-corrected chi connectivity index (χ2v) is 4.04. The molecule has 3 rings (SSSR count). The highest BCUT2D eigenvalue weighted by Crippen LogP contribution is 2.28.